The molecule has 0 unspecified atom stereocenters. The summed E-state index contributed by atoms with van der Waals surface area (Å²) in [5.74, 6) is 0. The third kappa shape index (κ3) is 2.41. The molecule has 2 aliphatic heterocycles. The largest absolute Gasteiger partial charge is 0.494 e. The van der Waals surface area contributed by atoms with Crippen LogP contribution in [0.1, 0.15) is 0 Å². The molecule has 102 valence electrons. The number of aliphatic hydroxyl groups is 3. The fraction of sp³-hybridized carbons (Fsp3) is 0.500. The van der Waals surface area contributed by atoms with E-state index in [0.717, 1.165) is 5.46 Å². The summed E-state index contributed by atoms with van der Waals surface area (Å²) in [7, 11) is -0.608. The van der Waals surface area contributed by atoms with Gasteiger partial charge in [-0.2, -0.15) is 0 Å². The number of fused-ring (bicyclic) bond motifs is 1. The topological polar surface area (TPSA) is 88.4 Å². The Labute approximate surface area is 110 Å². The van der Waals surface area contributed by atoms with Gasteiger partial charge in [-0.25, -0.2) is 0 Å². The lowest BCUT2D eigenvalue weighted by Gasteiger charge is -2.44. The van der Waals surface area contributed by atoms with E-state index in [4.69, 9.17) is 14.0 Å². The maximum absolute atomic E-state index is 9.94. The van der Waals surface area contributed by atoms with Gasteiger partial charge in [0.1, 0.15) is 24.4 Å². The highest BCUT2D eigenvalue weighted by Crippen LogP contribution is 2.26. The predicted molar refractivity (Wildman–Crippen MR) is 65.5 cm³/mol. The molecule has 2 heterocycles. The van der Waals surface area contributed by atoms with Crippen LogP contribution in [-0.4, -0.2) is 59.8 Å². The van der Waals surface area contributed by atoms with Crippen molar-refractivity contribution in [3.63, 3.8) is 0 Å². The summed E-state index contributed by atoms with van der Waals surface area (Å²) in [4.78, 5) is 0. The molecule has 1 aromatic rings. The van der Waals surface area contributed by atoms with Crippen molar-refractivity contribution < 1.29 is 29.4 Å². The average Bonchev–Trinajstić information content (AvgIpc) is 2.46. The van der Waals surface area contributed by atoms with Crippen LogP contribution < -0.4 is 5.46 Å². The fourth-order valence-corrected chi connectivity index (χ4v) is 2.37. The van der Waals surface area contributed by atoms with Gasteiger partial charge in [0, 0.05) is 0 Å². The molecule has 3 N–H and O–H groups in total. The lowest BCUT2D eigenvalue weighted by Crippen LogP contribution is -2.65. The van der Waals surface area contributed by atoms with Crippen LogP contribution in [0.5, 0.6) is 0 Å². The van der Waals surface area contributed by atoms with Gasteiger partial charge in [-0.1, -0.05) is 30.3 Å². The van der Waals surface area contributed by atoms with E-state index in [-0.39, 0.29) is 6.61 Å². The van der Waals surface area contributed by atoms with Crippen LogP contribution in [-0.2, 0) is 14.0 Å². The first-order chi connectivity index (χ1) is 9.16. The standard InChI is InChI=1S/C12H15BO6/c14-9-10(15)12(16)18-8-6-17-13(19-11(8)9)7-4-2-1-3-5-7/h1-5,8-12,14-16H,6H2/t8-,9-,10-,11+,12+/m1/s1. The van der Waals surface area contributed by atoms with Crippen molar-refractivity contribution in [3.8, 4) is 0 Å². The van der Waals surface area contributed by atoms with Gasteiger partial charge >= 0.3 is 7.12 Å². The van der Waals surface area contributed by atoms with E-state index < -0.39 is 37.8 Å². The van der Waals surface area contributed by atoms with E-state index in [1.54, 1.807) is 0 Å². The summed E-state index contributed by atoms with van der Waals surface area (Å²) in [6.45, 7) is 0.186. The lowest BCUT2D eigenvalue weighted by atomic mass is 9.76. The summed E-state index contributed by atoms with van der Waals surface area (Å²) >= 11 is 0. The number of benzene rings is 1. The molecule has 0 aromatic heterocycles. The van der Waals surface area contributed by atoms with Crippen LogP contribution in [0.15, 0.2) is 30.3 Å². The van der Waals surface area contributed by atoms with Gasteiger partial charge in [0.15, 0.2) is 6.29 Å². The van der Waals surface area contributed by atoms with Gasteiger partial charge in [0.2, 0.25) is 0 Å². The zero-order chi connectivity index (χ0) is 13.4. The quantitative estimate of drug-likeness (QED) is 0.522. The SMILES string of the molecule is O[C@@H]1[C@@H](O)[C@@H](O)O[C@@H]2COB(c3ccccc3)O[C@H]12. The molecule has 2 saturated heterocycles. The predicted octanol–water partition coefficient (Wildman–Crippen LogP) is -1.76. The molecule has 0 bridgehead atoms. The van der Waals surface area contributed by atoms with Crippen LogP contribution in [0.4, 0.5) is 0 Å². The van der Waals surface area contributed by atoms with Crippen LogP contribution in [0, 0.1) is 0 Å². The number of ether oxygens (including phenoxy) is 1. The van der Waals surface area contributed by atoms with Gasteiger partial charge in [-0.15, -0.1) is 0 Å². The van der Waals surface area contributed by atoms with Crippen LogP contribution in [0.25, 0.3) is 0 Å². The normalized spacial score (nSPS) is 38.9. The number of hydrogen-bond acceptors (Lipinski definition) is 6. The fourth-order valence-electron chi connectivity index (χ4n) is 2.37. The molecular weight excluding hydrogens is 251 g/mol. The first-order valence-electron chi connectivity index (χ1n) is 6.18. The molecule has 2 aliphatic rings. The maximum atomic E-state index is 9.94. The Bertz CT molecular complexity index is 427. The summed E-state index contributed by atoms with van der Waals surface area (Å²) in [6.07, 6.45) is -5.32. The molecule has 2 fully saturated rings. The number of aliphatic hydroxyl groups excluding tert-OH is 3. The first kappa shape index (κ1) is 13.0. The molecule has 1 aromatic carbocycles. The van der Waals surface area contributed by atoms with Gasteiger partial charge in [0.25, 0.3) is 0 Å². The molecule has 0 radical (unpaired) electrons. The molecule has 7 heteroatoms. The molecule has 0 aliphatic carbocycles. The summed E-state index contributed by atoms with van der Waals surface area (Å²) in [6, 6.07) is 9.31. The minimum absolute atomic E-state index is 0.186. The van der Waals surface area contributed by atoms with Crippen molar-refractivity contribution in [2.75, 3.05) is 6.61 Å². The monoisotopic (exact) mass is 266 g/mol. The Kier molecular flexibility index (Phi) is 3.57. The van der Waals surface area contributed by atoms with Crippen molar-refractivity contribution >= 4 is 12.6 Å². The van der Waals surface area contributed by atoms with Gasteiger partial charge in [-0.3, -0.25) is 0 Å². The van der Waals surface area contributed by atoms with E-state index in [2.05, 4.69) is 0 Å². The second kappa shape index (κ2) is 5.20. The molecule has 19 heavy (non-hydrogen) atoms. The minimum Gasteiger partial charge on any atom is -0.404 e. The van der Waals surface area contributed by atoms with Crippen LogP contribution >= 0.6 is 0 Å². The molecule has 5 atom stereocenters. The van der Waals surface area contributed by atoms with E-state index in [1.165, 1.54) is 0 Å². The molecule has 3 rings (SSSR count). The minimum atomic E-state index is -1.42. The summed E-state index contributed by atoms with van der Waals surface area (Å²) in [5.41, 5.74) is 0.828. The zero-order valence-electron chi connectivity index (χ0n) is 10.1. The third-order valence-corrected chi connectivity index (χ3v) is 3.42. The van der Waals surface area contributed by atoms with E-state index in [0.29, 0.717) is 0 Å². The Morgan fingerprint density at radius 2 is 1.79 bits per heavy atom. The molecular formula is C12H15BO6. The van der Waals surface area contributed by atoms with Crippen molar-refractivity contribution in [1.82, 2.24) is 0 Å². The average molecular weight is 266 g/mol. The Balaban J connectivity index is 1.75. The Morgan fingerprint density at radius 3 is 2.53 bits per heavy atom. The van der Waals surface area contributed by atoms with Crippen molar-refractivity contribution in [2.45, 2.75) is 30.7 Å². The lowest BCUT2D eigenvalue weighted by molar-refractivity contribution is -0.291. The van der Waals surface area contributed by atoms with Gasteiger partial charge in [0.05, 0.1) is 6.61 Å². The number of hydrogen-bond donors (Lipinski definition) is 3. The van der Waals surface area contributed by atoms with Gasteiger partial charge in [-0.05, 0) is 5.46 Å². The second-order valence-corrected chi connectivity index (χ2v) is 4.72. The molecule has 0 spiro atoms. The summed E-state index contributed by atoms with van der Waals surface area (Å²) < 4.78 is 16.3. The van der Waals surface area contributed by atoms with E-state index in [1.807, 2.05) is 30.3 Å². The second-order valence-electron chi connectivity index (χ2n) is 4.72. The third-order valence-electron chi connectivity index (χ3n) is 3.42. The van der Waals surface area contributed by atoms with Gasteiger partial charge < -0.3 is 29.4 Å². The van der Waals surface area contributed by atoms with E-state index in [9.17, 15) is 15.3 Å². The summed E-state index contributed by atoms with van der Waals surface area (Å²) in [5, 5.41) is 29.0. The van der Waals surface area contributed by atoms with Crippen LogP contribution in [0.3, 0.4) is 0 Å². The highest BCUT2D eigenvalue weighted by atomic mass is 16.7. The maximum Gasteiger partial charge on any atom is 0.494 e. The Hall–Kier alpha value is -0.955. The van der Waals surface area contributed by atoms with Crippen molar-refractivity contribution in [3.05, 3.63) is 30.3 Å². The molecule has 6 nitrogen and oxygen atoms in total. The van der Waals surface area contributed by atoms with Crippen molar-refractivity contribution in [2.24, 2.45) is 0 Å². The zero-order valence-corrected chi connectivity index (χ0v) is 10.1. The molecule has 0 saturated carbocycles. The van der Waals surface area contributed by atoms with E-state index >= 15 is 0 Å². The highest BCUT2D eigenvalue weighted by molar-refractivity contribution is 6.61. The van der Waals surface area contributed by atoms with Crippen molar-refractivity contribution in [1.29, 1.82) is 0 Å². The smallest absolute Gasteiger partial charge is 0.404 e. The first-order valence-corrected chi connectivity index (χ1v) is 6.18. The number of rotatable bonds is 1. The van der Waals surface area contributed by atoms with Crippen LogP contribution in [0.2, 0.25) is 0 Å². The Morgan fingerprint density at radius 1 is 1.05 bits per heavy atom. The molecule has 0 amide bonds. The highest BCUT2D eigenvalue weighted by Gasteiger charge is 2.49.